The lowest BCUT2D eigenvalue weighted by atomic mass is 10.1. The molecule has 0 bridgehead atoms. The van der Waals surface area contributed by atoms with Gasteiger partial charge in [0.25, 0.3) is 0 Å². The zero-order valence-corrected chi connectivity index (χ0v) is 9.60. The number of ether oxygens (including phenoxy) is 1. The van der Waals surface area contributed by atoms with E-state index in [4.69, 9.17) is 4.74 Å². The molecule has 0 aromatic heterocycles. The van der Waals surface area contributed by atoms with E-state index < -0.39 is 11.7 Å². The molecule has 0 spiro atoms. The predicted molar refractivity (Wildman–Crippen MR) is 56.5 cm³/mol. The summed E-state index contributed by atoms with van der Waals surface area (Å²) in [5.41, 5.74) is -0.365. The van der Waals surface area contributed by atoms with Gasteiger partial charge in [-0.25, -0.2) is 4.99 Å². The van der Waals surface area contributed by atoms with Gasteiger partial charge in [0.2, 0.25) is 5.90 Å². The quantitative estimate of drug-likeness (QED) is 0.779. The molecule has 2 nitrogen and oxygen atoms in total. The molecule has 1 aliphatic heterocycles. The molecule has 1 aliphatic rings. The van der Waals surface area contributed by atoms with Crippen molar-refractivity contribution in [3.05, 3.63) is 33.8 Å². The number of hydrogen-bond donors (Lipinski definition) is 0. The third kappa shape index (κ3) is 2.21. The Morgan fingerprint density at radius 3 is 2.62 bits per heavy atom. The Bertz CT molecular complexity index is 442. The Balaban J connectivity index is 2.44. The van der Waals surface area contributed by atoms with Crippen LogP contribution in [-0.4, -0.2) is 19.0 Å². The second kappa shape index (κ2) is 4.08. The summed E-state index contributed by atoms with van der Waals surface area (Å²) in [7, 11) is 0. The molecular formula is C10H7BrF3NO. The molecule has 1 aromatic carbocycles. The van der Waals surface area contributed by atoms with E-state index in [-0.39, 0.29) is 5.90 Å². The zero-order chi connectivity index (χ0) is 11.8. The van der Waals surface area contributed by atoms with Crippen molar-refractivity contribution >= 4 is 21.8 Å². The van der Waals surface area contributed by atoms with Gasteiger partial charge in [-0.2, -0.15) is 13.2 Å². The van der Waals surface area contributed by atoms with Crippen molar-refractivity contribution in [2.24, 2.45) is 4.99 Å². The van der Waals surface area contributed by atoms with E-state index in [1.807, 2.05) is 0 Å². The molecule has 16 heavy (non-hydrogen) atoms. The number of hydrogen-bond acceptors (Lipinski definition) is 2. The van der Waals surface area contributed by atoms with E-state index in [0.29, 0.717) is 23.2 Å². The molecule has 86 valence electrons. The van der Waals surface area contributed by atoms with Gasteiger partial charge in [-0.15, -0.1) is 0 Å². The molecule has 1 heterocycles. The molecule has 6 heteroatoms. The first-order valence-electron chi connectivity index (χ1n) is 4.53. The number of nitrogens with zero attached hydrogens (tertiary/aromatic N) is 1. The average Bonchev–Trinajstić information content (AvgIpc) is 2.69. The van der Waals surface area contributed by atoms with Crippen molar-refractivity contribution in [2.75, 3.05) is 13.2 Å². The van der Waals surface area contributed by atoms with E-state index in [1.54, 1.807) is 0 Å². The lowest BCUT2D eigenvalue weighted by Crippen LogP contribution is -2.09. The van der Waals surface area contributed by atoms with E-state index in [2.05, 4.69) is 20.9 Å². The summed E-state index contributed by atoms with van der Waals surface area (Å²) in [6.45, 7) is 0.899. The van der Waals surface area contributed by atoms with Crippen LogP contribution in [0.5, 0.6) is 0 Å². The monoisotopic (exact) mass is 293 g/mol. The van der Waals surface area contributed by atoms with Gasteiger partial charge in [0.05, 0.1) is 17.7 Å². The number of benzene rings is 1. The van der Waals surface area contributed by atoms with Gasteiger partial charge in [-0.3, -0.25) is 0 Å². The van der Waals surface area contributed by atoms with Crippen LogP contribution in [0.15, 0.2) is 27.7 Å². The van der Waals surface area contributed by atoms with Gasteiger partial charge >= 0.3 is 6.18 Å². The zero-order valence-electron chi connectivity index (χ0n) is 8.01. The highest BCUT2D eigenvalue weighted by Gasteiger charge is 2.31. The van der Waals surface area contributed by atoms with E-state index >= 15 is 0 Å². The summed E-state index contributed by atoms with van der Waals surface area (Å²) >= 11 is 3.18. The Hall–Kier alpha value is -1.04. The van der Waals surface area contributed by atoms with Crippen LogP contribution in [0.1, 0.15) is 11.1 Å². The van der Waals surface area contributed by atoms with Gasteiger partial charge in [0.1, 0.15) is 6.61 Å². The maximum absolute atomic E-state index is 12.5. The number of aliphatic imine (C=N–C) groups is 1. The molecular weight excluding hydrogens is 287 g/mol. The topological polar surface area (TPSA) is 21.6 Å². The Labute approximate surface area is 98.3 Å². The van der Waals surface area contributed by atoms with Crippen LogP contribution in [0, 0.1) is 0 Å². The van der Waals surface area contributed by atoms with Gasteiger partial charge in [-0.1, -0.05) is 0 Å². The van der Waals surface area contributed by atoms with Crippen LogP contribution in [0.25, 0.3) is 0 Å². The van der Waals surface area contributed by atoms with Crippen molar-refractivity contribution in [3.8, 4) is 0 Å². The fourth-order valence-corrected chi connectivity index (χ4v) is 1.78. The fraction of sp³-hybridized carbons (Fsp3) is 0.300. The van der Waals surface area contributed by atoms with Gasteiger partial charge < -0.3 is 4.74 Å². The van der Waals surface area contributed by atoms with Crippen LogP contribution in [0.2, 0.25) is 0 Å². The molecule has 0 atom stereocenters. The highest BCUT2D eigenvalue weighted by atomic mass is 79.9. The first-order valence-corrected chi connectivity index (χ1v) is 5.32. The highest BCUT2D eigenvalue weighted by Crippen LogP contribution is 2.32. The molecule has 0 saturated carbocycles. The minimum absolute atomic E-state index is 0.262. The number of halogens is 4. The third-order valence-corrected chi connectivity index (χ3v) is 2.80. The molecule has 0 fully saturated rings. The van der Waals surface area contributed by atoms with Crippen LogP contribution in [0.4, 0.5) is 13.2 Å². The molecule has 0 aliphatic carbocycles. The minimum Gasteiger partial charge on any atom is -0.475 e. The lowest BCUT2D eigenvalue weighted by molar-refractivity contribution is -0.137. The van der Waals surface area contributed by atoms with Crippen molar-refractivity contribution < 1.29 is 17.9 Å². The minimum atomic E-state index is -4.35. The molecule has 0 amide bonds. The summed E-state index contributed by atoms with van der Waals surface area (Å²) in [6, 6.07) is 3.40. The van der Waals surface area contributed by atoms with Crippen molar-refractivity contribution in [2.45, 2.75) is 6.18 Å². The standard InChI is InChI=1S/C10H7BrF3NO/c11-8-2-1-6(10(12,13)14)5-7(8)9-15-3-4-16-9/h1-2,5H,3-4H2. The van der Waals surface area contributed by atoms with Crippen LogP contribution in [0.3, 0.4) is 0 Å². The summed E-state index contributed by atoms with van der Waals surface area (Å²) in [5.74, 6) is 0.262. The number of rotatable bonds is 1. The maximum atomic E-state index is 12.5. The molecule has 0 unspecified atom stereocenters. The predicted octanol–water partition coefficient (Wildman–Crippen LogP) is 3.24. The van der Waals surface area contributed by atoms with Crippen molar-refractivity contribution in [3.63, 3.8) is 0 Å². The summed E-state index contributed by atoms with van der Waals surface area (Å²) < 4.78 is 43.2. The normalized spacial score (nSPS) is 15.9. The maximum Gasteiger partial charge on any atom is 0.416 e. The summed E-state index contributed by atoms with van der Waals surface area (Å²) in [4.78, 5) is 3.99. The van der Waals surface area contributed by atoms with Gasteiger partial charge in [0.15, 0.2) is 0 Å². The fourth-order valence-electron chi connectivity index (χ4n) is 1.36. The van der Waals surface area contributed by atoms with E-state index in [9.17, 15) is 13.2 Å². The van der Waals surface area contributed by atoms with E-state index in [1.165, 1.54) is 6.07 Å². The van der Waals surface area contributed by atoms with Crippen LogP contribution in [-0.2, 0) is 10.9 Å². The SMILES string of the molecule is FC(F)(F)c1ccc(Br)c(C2=NCCO2)c1. The second-order valence-electron chi connectivity index (χ2n) is 3.23. The first kappa shape index (κ1) is 11.4. The Kier molecular flexibility index (Phi) is 2.92. The third-order valence-electron chi connectivity index (χ3n) is 2.11. The smallest absolute Gasteiger partial charge is 0.416 e. The largest absolute Gasteiger partial charge is 0.475 e. The molecule has 0 radical (unpaired) electrons. The first-order chi connectivity index (χ1) is 7.48. The molecule has 0 saturated heterocycles. The molecule has 0 N–H and O–H groups in total. The second-order valence-corrected chi connectivity index (χ2v) is 4.08. The van der Waals surface area contributed by atoms with Crippen molar-refractivity contribution in [1.82, 2.24) is 0 Å². The average molecular weight is 294 g/mol. The van der Waals surface area contributed by atoms with E-state index in [0.717, 1.165) is 12.1 Å². The number of alkyl halides is 3. The molecule has 1 aromatic rings. The summed E-state index contributed by atoms with van der Waals surface area (Å²) in [5, 5.41) is 0. The Morgan fingerprint density at radius 2 is 2.06 bits per heavy atom. The van der Waals surface area contributed by atoms with Crippen LogP contribution >= 0.6 is 15.9 Å². The highest BCUT2D eigenvalue weighted by molar-refractivity contribution is 9.10. The van der Waals surface area contributed by atoms with Crippen LogP contribution < -0.4 is 0 Å². The summed E-state index contributed by atoms with van der Waals surface area (Å²) in [6.07, 6.45) is -4.35. The Morgan fingerprint density at radius 1 is 1.31 bits per heavy atom. The van der Waals surface area contributed by atoms with Crippen molar-refractivity contribution in [1.29, 1.82) is 0 Å². The van der Waals surface area contributed by atoms with Gasteiger partial charge in [-0.05, 0) is 34.1 Å². The molecule has 2 rings (SSSR count). The lowest BCUT2D eigenvalue weighted by Gasteiger charge is -2.10. The van der Waals surface area contributed by atoms with Gasteiger partial charge in [0, 0.05) is 4.47 Å².